The molecule has 3 heteroatoms. The predicted octanol–water partition coefficient (Wildman–Crippen LogP) is 3.66. The van der Waals surface area contributed by atoms with Gasteiger partial charge >= 0.3 is 0 Å². The lowest BCUT2D eigenvalue weighted by molar-refractivity contribution is 0.191. The van der Waals surface area contributed by atoms with Crippen LogP contribution in [0.4, 0.5) is 0 Å². The minimum atomic E-state index is -0.725. The van der Waals surface area contributed by atoms with Gasteiger partial charge in [-0.1, -0.05) is 36.4 Å². The number of para-hydroxylation sites is 1. The summed E-state index contributed by atoms with van der Waals surface area (Å²) in [6.45, 7) is 5.59. The second kappa shape index (κ2) is 5.43. The first kappa shape index (κ1) is 14.5. The molecule has 0 aliphatic rings. The Balaban J connectivity index is 2.50. The van der Waals surface area contributed by atoms with Crippen LogP contribution in [0.3, 0.4) is 0 Å². The zero-order valence-corrected chi connectivity index (χ0v) is 13.0. The number of rotatable bonds is 2. The Labute approximate surface area is 129 Å². The monoisotopic (exact) mass is 293 g/mol. The van der Waals surface area contributed by atoms with Crippen LogP contribution < -0.4 is 5.56 Å². The van der Waals surface area contributed by atoms with Crippen LogP contribution in [0.15, 0.2) is 53.3 Å². The van der Waals surface area contributed by atoms with Crippen LogP contribution >= 0.6 is 0 Å². The van der Waals surface area contributed by atoms with Crippen LogP contribution in [-0.4, -0.2) is 9.67 Å². The number of hydrogen-bond acceptors (Lipinski definition) is 2. The van der Waals surface area contributed by atoms with Gasteiger partial charge in [-0.3, -0.25) is 9.36 Å². The van der Waals surface area contributed by atoms with E-state index in [9.17, 15) is 9.90 Å². The summed E-state index contributed by atoms with van der Waals surface area (Å²) in [6, 6.07) is 15.4. The van der Waals surface area contributed by atoms with Gasteiger partial charge in [0.15, 0.2) is 0 Å². The summed E-state index contributed by atoms with van der Waals surface area (Å²) in [4.78, 5) is 13.1. The highest BCUT2D eigenvalue weighted by atomic mass is 16.3. The molecule has 0 amide bonds. The molecule has 1 aromatic heterocycles. The average molecular weight is 293 g/mol. The first-order valence-corrected chi connectivity index (χ1v) is 7.40. The van der Waals surface area contributed by atoms with Crippen molar-refractivity contribution >= 4 is 10.8 Å². The maximum Gasteiger partial charge on any atom is 0.263 e. The van der Waals surface area contributed by atoms with Crippen LogP contribution in [0.5, 0.6) is 0 Å². The van der Waals surface area contributed by atoms with E-state index < -0.39 is 6.10 Å². The van der Waals surface area contributed by atoms with Crippen LogP contribution in [-0.2, 0) is 0 Å². The Morgan fingerprint density at radius 3 is 2.36 bits per heavy atom. The summed E-state index contributed by atoms with van der Waals surface area (Å²) in [5, 5.41) is 11.7. The zero-order valence-electron chi connectivity index (χ0n) is 13.0. The van der Waals surface area contributed by atoms with Gasteiger partial charge in [0.05, 0.1) is 22.9 Å². The van der Waals surface area contributed by atoms with Gasteiger partial charge in [-0.2, -0.15) is 0 Å². The van der Waals surface area contributed by atoms with Gasteiger partial charge in [0.2, 0.25) is 0 Å². The zero-order chi connectivity index (χ0) is 15.9. The summed E-state index contributed by atoms with van der Waals surface area (Å²) < 4.78 is 1.63. The molecule has 0 fully saturated rings. The van der Waals surface area contributed by atoms with E-state index in [-0.39, 0.29) is 5.56 Å². The normalized spacial score (nSPS) is 12.5. The number of fused-ring (bicyclic) bond motifs is 1. The first-order valence-electron chi connectivity index (χ1n) is 7.40. The van der Waals surface area contributed by atoms with E-state index in [0.29, 0.717) is 11.1 Å². The first-order chi connectivity index (χ1) is 10.5. The third kappa shape index (κ3) is 2.24. The molecule has 0 aliphatic heterocycles. The number of aliphatic hydroxyl groups excluding tert-OH is 1. The van der Waals surface area contributed by atoms with Crippen LogP contribution in [0.2, 0.25) is 0 Å². The topological polar surface area (TPSA) is 42.2 Å². The van der Waals surface area contributed by atoms with Crippen molar-refractivity contribution in [2.45, 2.75) is 26.9 Å². The fourth-order valence-electron chi connectivity index (χ4n) is 2.93. The number of aromatic nitrogens is 1. The predicted molar refractivity (Wildman–Crippen MR) is 89.7 cm³/mol. The smallest absolute Gasteiger partial charge is 0.263 e. The standard InChI is InChI=1S/C19H19NO2/c1-12-7-4-5-10-16(12)20-17(14(3)21)11-15-9-6-8-13(2)18(15)19(20)22/h4-11,14,21H,1-3H3. The Morgan fingerprint density at radius 1 is 1.00 bits per heavy atom. The lowest BCUT2D eigenvalue weighted by Gasteiger charge is -2.18. The van der Waals surface area contributed by atoms with Crippen LogP contribution in [0, 0.1) is 13.8 Å². The summed E-state index contributed by atoms with van der Waals surface area (Å²) in [7, 11) is 0. The summed E-state index contributed by atoms with van der Waals surface area (Å²) >= 11 is 0. The van der Waals surface area contributed by atoms with Gasteiger partial charge in [0.1, 0.15) is 0 Å². The van der Waals surface area contributed by atoms with Crippen LogP contribution in [0.1, 0.15) is 29.8 Å². The van der Waals surface area contributed by atoms with E-state index in [4.69, 9.17) is 0 Å². The minimum Gasteiger partial charge on any atom is -0.387 e. The minimum absolute atomic E-state index is 0.0826. The third-order valence-corrected chi connectivity index (χ3v) is 4.07. The molecule has 3 aromatic rings. The fourth-order valence-corrected chi connectivity index (χ4v) is 2.93. The van der Waals surface area contributed by atoms with Gasteiger partial charge in [-0.25, -0.2) is 0 Å². The summed E-state index contributed by atoms with van der Waals surface area (Å²) in [5.74, 6) is 0. The molecule has 1 N–H and O–H groups in total. The maximum atomic E-state index is 13.1. The lowest BCUT2D eigenvalue weighted by atomic mass is 10.0. The molecule has 2 aromatic carbocycles. The van der Waals surface area contributed by atoms with E-state index in [2.05, 4.69) is 0 Å². The van der Waals surface area contributed by atoms with Crippen LogP contribution in [0.25, 0.3) is 16.5 Å². The molecule has 1 unspecified atom stereocenters. The third-order valence-electron chi connectivity index (χ3n) is 4.07. The largest absolute Gasteiger partial charge is 0.387 e. The van der Waals surface area contributed by atoms with Gasteiger partial charge in [-0.05, 0) is 49.4 Å². The highest BCUT2D eigenvalue weighted by Gasteiger charge is 2.16. The molecule has 0 aliphatic carbocycles. The fraction of sp³-hybridized carbons (Fsp3) is 0.211. The number of benzene rings is 2. The van der Waals surface area contributed by atoms with Crippen molar-refractivity contribution in [2.75, 3.05) is 0 Å². The average Bonchev–Trinajstić information content (AvgIpc) is 2.48. The van der Waals surface area contributed by atoms with Gasteiger partial charge in [0.25, 0.3) is 5.56 Å². The van der Waals surface area contributed by atoms with Crippen molar-refractivity contribution in [1.29, 1.82) is 0 Å². The van der Waals surface area contributed by atoms with Crippen molar-refractivity contribution in [3.05, 3.63) is 75.7 Å². The summed E-state index contributed by atoms with van der Waals surface area (Å²) in [6.07, 6.45) is -0.725. The van der Waals surface area contributed by atoms with E-state index in [1.165, 1.54) is 0 Å². The molecule has 112 valence electrons. The molecule has 1 atom stereocenters. The Bertz CT molecular complexity index is 907. The van der Waals surface area contributed by atoms with Crippen molar-refractivity contribution < 1.29 is 5.11 Å². The summed E-state index contributed by atoms with van der Waals surface area (Å²) in [5.41, 5.74) is 3.29. The molecule has 0 radical (unpaired) electrons. The number of nitrogens with zero attached hydrogens (tertiary/aromatic N) is 1. The molecule has 0 spiro atoms. The van der Waals surface area contributed by atoms with E-state index >= 15 is 0 Å². The van der Waals surface area contributed by atoms with E-state index in [1.54, 1.807) is 11.5 Å². The van der Waals surface area contributed by atoms with Crippen molar-refractivity contribution in [3.8, 4) is 5.69 Å². The Morgan fingerprint density at radius 2 is 1.68 bits per heavy atom. The maximum absolute atomic E-state index is 13.1. The molecular weight excluding hydrogens is 274 g/mol. The van der Waals surface area contributed by atoms with Crippen molar-refractivity contribution in [2.24, 2.45) is 0 Å². The Kier molecular flexibility index (Phi) is 3.59. The second-order valence-electron chi connectivity index (χ2n) is 5.71. The number of hydrogen-bond donors (Lipinski definition) is 1. The quantitative estimate of drug-likeness (QED) is 0.783. The van der Waals surface area contributed by atoms with Gasteiger partial charge < -0.3 is 5.11 Å². The van der Waals surface area contributed by atoms with Crippen molar-refractivity contribution in [1.82, 2.24) is 4.57 Å². The number of aliphatic hydroxyl groups is 1. The van der Waals surface area contributed by atoms with Gasteiger partial charge in [0, 0.05) is 0 Å². The highest BCUT2D eigenvalue weighted by Crippen LogP contribution is 2.23. The molecule has 22 heavy (non-hydrogen) atoms. The molecular formula is C19H19NO2. The molecule has 1 heterocycles. The number of aryl methyl sites for hydroxylation is 2. The lowest BCUT2D eigenvalue weighted by Crippen LogP contribution is -2.24. The van der Waals surface area contributed by atoms with Crippen molar-refractivity contribution in [3.63, 3.8) is 0 Å². The molecule has 3 nitrogen and oxygen atoms in total. The highest BCUT2D eigenvalue weighted by molar-refractivity contribution is 5.85. The SMILES string of the molecule is Cc1ccccc1-n1c(C(C)O)cc2cccc(C)c2c1=O. The van der Waals surface area contributed by atoms with Gasteiger partial charge in [-0.15, -0.1) is 0 Å². The molecule has 3 rings (SSSR count). The van der Waals surface area contributed by atoms with E-state index in [0.717, 1.165) is 22.2 Å². The number of pyridine rings is 1. The molecule has 0 bridgehead atoms. The van der Waals surface area contributed by atoms with E-state index in [1.807, 2.05) is 62.4 Å². The molecule has 0 saturated carbocycles. The second-order valence-corrected chi connectivity index (χ2v) is 5.71. The molecule has 0 saturated heterocycles. The Hall–Kier alpha value is -2.39.